The third kappa shape index (κ3) is 4.23. The Labute approximate surface area is 119 Å². The van der Waals surface area contributed by atoms with Crippen LogP contribution in [0.3, 0.4) is 0 Å². The van der Waals surface area contributed by atoms with E-state index in [1.165, 1.54) is 19.1 Å². The van der Waals surface area contributed by atoms with Crippen LogP contribution in [0.2, 0.25) is 0 Å². The molecule has 1 aliphatic carbocycles. The predicted octanol–water partition coefficient (Wildman–Crippen LogP) is 1.86. The molecule has 1 aromatic carbocycles. The Hall–Kier alpha value is -1.56. The molecule has 1 fully saturated rings. The van der Waals surface area contributed by atoms with E-state index in [1.54, 1.807) is 24.3 Å². The van der Waals surface area contributed by atoms with Crippen molar-refractivity contribution in [3.05, 3.63) is 29.8 Å². The second-order valence-corrected chi connectivity index (χ2v) is 7.38. The molecule has 5 nitrogen and oxygen atoms in total. The Balaban J connectivity index is 1.91. The zero-order valence-corrected chi connectivity index (χ0v) is 12.5. The minimum absolute atomic E-state index is 0.164. The van der Waals surface area contributed by atoms with Crippen LogP contribution in [0.5, 0.6) is 0 Å². The Morgan fingerprint density at radius 2 is 1.90 bits per heavy atom. The quantitative estimate of drug-likeness (QED) is 0.871. The highest BCUT2D eigenvalue weighted by atomic mass is 32.2. The number of nitrogens with one attached hydrogen (secondary N) is 2. The van der Waals surface area contributed by atoms with E-state index in [0.717, 1.165) is 12.1 Å². The molecule has 0 unspecified atom stereocenters. The van der Waals surface area contributed by atoms with Crippen molar-refractivity contribution in [1.29, 1.82) is 0 Å². The summed E-state index contributed by atoms with van der Waals surface area (Å²) in [7, 11) is -3.18. The molecule has 0 aromatic heterocycles. The number of urea groups is 1. The molecule has 6 heteroatoms. The fraction of sp³-hybridized carbons (Fsp3) is 0.500. The highest BCUT2D eigenvalue weighted by Crippen LogP contribution is 2.27. The van der Waals surface area contributed by atoms with E-state index in [9.17, 15) is 13.2 Å². The third-order valence-corrected chi connectivity index (χ3v) is 4.53. The summed E-state index contributed by atoms with van der Waals surface area (Å²) in [5.74, 6) is 0.644. The molecular formula is C14H20N2O3S. The maximum Gasteiger partial charge on any atom is 0.315 e. The number of benzene rings is 1. The highest BCUT2D eigenvalue weighted by molar-refractivity contribution is 7.90. The van der Waals surface area contributed by atoms with Gasteiger partial charge < -0.3 is 10.6 Å². The molecule has 1 atom stereocenters. The Morgan fingerprint density at radius 1 is 1.30 bits per heavy atom. The number of hydrogen-bond acceptors (Lipinski definition) is 3. The summed E-state index contributed by atoms with van der Waals surface area (Å²) in [6, 6.07) is 6.22. The van der Waals surface area contributed by atoms with E-state index in [2.05, 4.69) is 10.6 Å². The van der Waals surface area contributed by atoms with Crippen molar-refractivity contribution >= 4 is 15.9 Å². The molecule has 1 aliphatic rings. The lowest BCUT2D eigenvalue weighted by Crippen LogP contribution is -2.38. The largest absolute Gasteiger partial charge is 0.338 e. The Bertz CT molecular complexity index is 577. The molecule has 20 heavy (non-hydrogen) atoms. The van der Waals surface area contributed by atoms with Gasteiger partial charge in [0.15, 0.2) is 9.84 Å². The molecule has 2 amide bonds. The molecule has 1 aromatic rings. The predicted molar refractivity (Wildman–Crippen MR) is 77.2 cm³/mol. The Kier molecular flexibility index (Phi) is 4.32. The summed E-state index contributed by atoms with van der Waals surface area (Å²) in [5.41, 5.74) is 0.874. The van der Waals surface area contributed by atoms with Crippen molar-refractivity contribution in [2.75, 3.05) is 12.8 Å². The second-order valence-electron chi connectivity index (χ2n) is 5.36. The van der Waals surface area contributed by atoms with Gasteiger partial charge in [0, 0.05) is 12.8 Å². The van der Waals surface area contributed by atoms with Crippen LogP contribution in [0.25, 0.3) is 0 Å². The minimum atomic E-state index is -3.18. The lowest BCUT2D eigenvalue weighted by molar-refractivity contribution is 0.237. The molecule has 110 valence electrons. The maximum absolute atomic E-state index is 11.7. The lowest BCUT2D eigenvalue weighted by atomic mass is 10.1. The van der Waals surface area contributed by atoms with E-state index in [4.69, 9.17) is 0 Å². The molecule has 2 rings (SSSR count). The van der Waals surface area contributed by atoms with E-state index in [0.29, 0.717) is 5.92 Å². The molecule has 0 saturated heterocycles. The first kappa shape index (κ1) is 14.8. The van der Waals surface area contributed by atoms with Gasteiger partial charge in [0.25, 0.3) is 0 Å². The zero-order valence-electron chi connectivity index (χ0n) is 11.7. The summed E-state index contributed by atoms with van der Waals surface area (Å²) >= 11 is 0. The van der Waals surface area contributed by atoms with Gasteiger partial charge in [-0.15, -0.1) is 0 Å². The molecule has 0 spiro atoms. The van der Waals surface area contributed by atoms with E-state index in [-0.39, 0.29) is 17.0 Å². The summed E-state index contributed by atoms with van der Waals surface area (Å²) in [4.78, 5) is 12.0. The smallest absolute Gasteiger partial charge is 0.315 e. The lowest BCUT2D eigenvalue weighted by Gasteiger charge is -2.15. The molecule has 0 aliphatic heterocycles. The van der Waals surface area contributed by atoms with Crippen LogP contribution in [0, 0.1) is 5.92 Å². The summed E-state index contributed by atoms with van der Waals surface area (Å²) in [6.07, 6.45) is 3.57. The first-order chi connectivity index (χ1) is 9.36. The number of amides is 2. The molecular weight excluding hydrogens is 276 g/mol. The first-order valence-electron chi connectivity index (χ1n) is 6.70. The third-order valence-electron chi connectivity index (χ3n) is 3.40. The summed E-state index contributed by atoms with van der Waals surface area (Å²) < 4.78 is 22.7. The fourth-order valence-corrected chi connectivity index (χ4v) is 2.52. The standard InChI is InChI=1S/C14H20N2O3S/c1-10(16-14(17)15-9-11-3-4-11)12-5-7-13(8-6-12)20(2,18)19/h5-8,10-11H,3-4,9H2,1-2H3,(H2,15,16,17)/t10-/m1/s1. The van der Waals surface area contributed by atoms with Crippen molar-refractivity contribution in [2.24, 2.45) is 5.92 Å². The van der Waals surface area contributed by atoms with E-state index < -0.39 is 9.84 Å². The number of rotatable bonds is 5. The van der Waals surface area contributed by atoms with Crippen molar-refractivity contribution < 1.29 is 13.2 Å². The number of carbonyl (C=O) groups excluding carboxylic acids is 1. The molecule has 2 N–H and O–H groups in total. The van der Waals surface area contributed by atoms with Crippen LogP contribution in [0.1, 0.15) is 31.4 Å². The van der Waals surface area contributed by atoms with Crippen molar-refractivity contribution in [1.82, 2.24) is 10.6 Å². The van der Waals surface area contributed by atoms with Crippen molar-refractivity contribution in [2.45, 2.75) is 30.7 Å². The molecule has 0 bridgehead atoms. The molecule has 1 saturated carbocycles. The van der Waals surface area contributed by atoms with Crippen LogP contribution < -0.4 is 10.6 Å². The maximum atomic E-state index is 11.7. The van der Waals surface area contributed by atoms with Gasteiger partial charge in [-0.2, -0.15) is 0 Å². The van der Waals surface area contributed by atoms with Gasteiger partial charge in [0.05, 0.1) is 10.9 Å². The number of carbonyl (C=O) groups is 1. The zero-order chi connectivity index (χ0) is 14.8. The van der Waals surface area contributed by atoms with Gasteiger partial charge in [-0.25, -0.2) is 13.2 Å². The second kappa shape index (κ2) is 5.83. The summed E-state index contributed by atoms with van der Waals surface area (Å²) in [5, 5.41) is 5.67. The van der Waals surface area contributed by atoms with Gasteiger partial charge in [-0.1, -0.05) is 12.1 Å². The minimum Gasteiger partial charge on any atom is -0.338 e. The van der Waals surface area contributed by atoms with Gasteiger partial charge >= 0.3 is 6.03 Å². The van der Waals surface area contributed by atoms with Crippen molar-refractivity contribution in [3.63, 3.8) is 0 Å². The van der Waals surface area contributed by atoms with Crippen LogP contribution in [-0.2, 0) is 9.84 Å². The van der Waals surface area contributed by atoms with Gasteiger partial charge in [-0.05, 0) is 43.4 Å². The van der Waals surface area contributed by atoms with Gasteiger partial charge in [-0.3, -0.25) is 0 Å². The van der Waals surface area contributed by atoms with E-state index in [1.807, 2.05) is 6.92 Å². The topological polar surface area (TPSA) is 75.3 Å². The average Bonchev–Trinajstić information content (AvgIpc) is 3.19. The number of sulfone groups is 1. The Morgan fingerprint density at radius 3 is 2.40 bits per heavy atom. The SMILES string of the molecule is C[C@@H](NC(=O)NCC1CC1)c1ccc(S(C)(=O)=O)cc1. The number of hydrogen-bond donors (Lipinski definition) is 2. The van der Waals surface area contributed by atoms with Crippen LogP contribution in [-0.4, -0.2) is 27.2 Å². The average molecular weight is 296 g/mol. The first-order valence-corrected chi connectivity index (χ1v) is 8.60. The van der Waals surface area contributed by atoms with Crippen molar-refractivity contribution in [3.8, 4) is 0 Å². The van der Waals surface area contributed by atoms with Gasteiger partial charge in [0.2, 0.25) is 0 Å². The monoisotopic (exact) mass is 296 g/mol. The molecule has 0 heterocycles. The van der Waals surface area contributed by atoms with Gasteiger partial charge in [0.1, 0.15) is 0 Å². The van der Waals surface area contributed by atoms with Crippen LogP contribution >= 0.6 is 0 Å². The van der Waals surface area contributed by atoms with Crippen LogP contribution in [0.4, 0.5) is 4.79 Å². The molecule has 0 radical (unpaired) electrons. The van der Waals surface area contributed by atoms with Crippen LogP contribution in [0.15, 0.2) is 29.2 Å². The fourth-order valence-electron chi connectivity index (χ4n) is 1.89. The highest BCUT2D eigenvalue weighted by Gasteiger charge is 2.21. The summed E-state index contributed by atoms with van der Waals surface area (Å²) in [6.45, 7) is 2.59. The van der Waals surface area contributed by atoms with E-state index >= 15 is 0 Å². The normalized spacial score (nSPS) is 16.5.